The van der Waals surface area contributed by atoms with Crippen molar-refractivity contribution in [3.05, 3.63) is 111 Å². The Balaban J connectivity index is 1.35. The van der Waals surface area contributed by atoms with Gasteiger partial charge in [0.1, 0.15) is 5.75 Å². The van der Waals surface area contributed by atoms with Gasteiger partial charge in [0.2, 0.25) is 5.75 Å². The molecule has 2 N–H and O–H groups in total. The highest BCUT2D eigenvalue weighted by atomic mass is 16.6. The van der Waals surface area contributed by atoms with Crippen LogP contribution in [-0.2, 0) is 4.79 Å². The van der Waals surface area contributed by atoms with Gasteiger partial charge in [0.05, 0.1) is 28.7 Å². The summed E-state index contributed by atoms with van der Waals surface area (Å²) in [5.74, 6) is -0.249. The van der Waals surface area contributed by atoms with Gasteiger partial charge in [-0.05, 0) is 46.7 Å². The predicted octanol–water partition coefficient (Wildman–Crippen LogP) is 5.01. The summed E-state index contributed by atoms with van der Waals surface area (Å²) in [6.45, 7) is 0.0165. The normalized spacial score (nSPS) is 10.8. The molecule has 0 aliphatic rings. The monoisotopic (exact) mass is 485 g/mol. The smallest absolute Gasteiger partial charge is 0.318 e. The van der Waals surface area contributed by atoms with Gasteiger partial charge in [-0.25, -0.2) is 5.43 Å². The van der Waals surface area contributed by atoms with E-state index in [2.05, 4.69) is 15.8 Å². The highest BCUT2D eigenvalue weighted by Crippen LogP contribution is 2.34. The molecule has 0 aliphatic carbocycles. The van der Waals surface area contributed by atoms with Gasteiger partial charge in [0, 0.05) is 11.8 Å². The summed E-state index contributed by atoms with van der Waals surface area (Å²) in [4.78, 5) is 32.8. The number of nitro groups is 2. The molecule has 0 heterocycles. The average Bonchev–Trinajstić information content (AvgIpc) is 2.87. The maximum Gasteiger partial charge on any atom is 0.318 e. The fourth-order valence-electron chi connectivity index (χ4n) is 3.33. The van der Waals surface area contributed by atoms with Crippen molar-refractivity contribution < 1.29 is 19.4 Å². The van der Waals surface area contributed by atoms with E-state index in [1.54, 1.807) is 24.3 Å². The minimum Gasteiger partial charge on any atom is -0.450 e. The third kappa shape index (κ3) is 5.97. The molecule has 4 aromatic carbocycles. The van der Waals surface area contributed by atoms with Crippen LogP contribution in [0.2, 0.25) is 0 Å². The zero-order valence-electron chi connectivity index (χ0n) is 18.7. The fraction of sp³-hybridized carbons (Fsp3) is 0.0400. The van der Waals surface area contributed by atoms with Crippen molar-refractivity contribution in [2.75, 3.05) is 11.9 Å². The van der Waals surface area contributed by atoms with Crippen molar-refractivity contribution in [1.82, 2.24) is 5.43 Å². The van der Waals surface area contributed by atoms with E-state index in [0.29, 0.717) is 5.56 Å². The molecule has 1 amide bonds. The Kier molecular flexibility index (Phi) is 7.11. The first kappa shape index (κ1) is 23.8. The van der Waals surface area contributed by atoms with Gasteiger partial charge >= 0.3 is 5.69 Å². The summed E-state index contributed by atoms with van der Waals surface area (Å²) in [5.41, 5.74) is 2.83. The van der Waals surface area contributed by atoms with Crippen molar-refractivity contribution in [2.45, 2.75) is 0 Å². The van der Waals surface area contributed by atoms with Crippen LogP contribution in [0.5, 0.6) is 11.5 Å². The third-order valence-corrected chi connectivity index (χ3v) is 5.04. The number of benzene rings is 4. The molecule has 0 spiro atoms. The van der Waals surface area contributed by atoms with Gasteiger partial charge in [-0.2, -0.15) is 5.10 Å². The lowest BCUT2D eigenvalue weighted by Crippen LogP contribution is -2.25. The maximum absolute atomic E-state index is 12.1. The molecule has 11 nitrogen and oxygen atoms in total. The largest absolute Gasteiger partial charge is 0.450 e. The van der Waals surface area contributed by atoms with Crippen molar-refractivity contribution in [3.63, 3.8) is 0 Å². The van der Waals surface area contributed by atoms with Crippen LogP contribution >= 0.6 is 0 Å². The molecule has 0 aromatic heterocycles. The number of rotatable bonds is 9. The number of amides is 1. The number of nitrogens with one attached hydrogen (secondary N) is 2. The van der Waals surface area contributed by atoms with E-state index < -0.39 is 21.2 Å². The van der Waals surface area contributed by atoms with Crippen molar-refractivity contribution in [3.8, 4) is 11.5 Å². The Labute approximate surface area is 204 Å². The maximum atomic E-state index is 12.1. The number of nitro benzene ring substituents is 2. The Morgan fingerprint density at radius 3 is 2.47 bits per heavy atom. The molecular formula is C25H19N5O6. The van der Waals surface area contributed by atoms with E-state index in [0.717, 1.165) is 28.6 Å². The summed E-state index contributed by atoms with van der Waals surface area (Å²) in [7, 11) is 0. The van der Waals surface area contributed by atoms with Crippen LogP contribution in [0, 0.1) is 20.2 Å². The van der Waals surface area contributed by atoms with E-state index >= 15 is 0 Å². The Bertz CT molecular complexity index is 1490. The summed E-state index contributed by atoms with van der Waals surface area (Å²) >= 11 is 0. The molecule has 4 aromatic rings. The molecule has 0 saturated heterocycles. The van der Waals surface area contributed by atoms with Gasteiger partial charge in [-0.15, -0.1) is 0 Å². The molecule has 0 fully saturated rings. The molecule has 4 rings (SSSR count). The van der Waals surface area contributed by atoms with Gasteiger partial charge in [0.15, 0.2) is 0 Å². The molecule has 0 atom stereocenters. The van der Waals surface area contributed by atoms with Gasteiger partial charge in [-0.1, -0.05) is 42.5 Å². The first-order valence-electron chi connectivity index (χ1n) is 10.6. The van der Waals surface area contributed by atoms with Crippen LogP contribution in [-0.4, -0.2) is 28.5 Å². The number of ether oxygens (including phenoxy) is 1. The number of anilines is 1. The van der Waals surface area contributed by atoms with Crippen LogP contribution in [0.25, 0.3) is 10.8 Å². The first-order valence-corrected chi connectivity index (χ1v) is 10.6. The van der Waals surface area contributed by atoms with Crippen molar-refractivity contribution in [2.24, 2.45) is 5.10 Å². The summed E-state index contributed by atoms with van der Waals surface area (Å²) in [6.07, 6.45) is 1.39. The highest BCUT2D eigenvalue weighted by Gasteiger charge is 2.21. The molecule has 0 unspecified atom stereocenters. The van der Waals surface area contributed by atoms with Gasteiger partial charge in [0.25, 0.3) is 11.6 Å². The molecule has 0 radical (unpaired) electrons. The van der Waals surface area contributed by atoms with E-state index in [-0.39, 0.29) is 24.0 Å². The Morgan fingerprint density at radius 2 is 1.69 bits per heavy atom. The summed E-state index contributed by atoms with van der Waals surface area (Å²) in [6, 6.07) is 23.3. The SMILES string of the molecule is O=C(CNc1ccc2ccccc2c1)NN=Cc1cccc(Oc2ccc([N+](=O)[O-])cc2[N+](=O)[O-])c1. The number of carbonyl (C=O) groups excluding carboxylic acids is 1. The second-order valence-corrected chi connectivity index (χ2v) is 7.55. The standard InChI is InChI=1S/C25H19N5O6/c31-25(16-26-20-9-8-18-5-1-2-6-19(18)13-20)28-27-15-17-4-3-7-22(12-17)36-24-11-10-21(29(32)33)14-23(24)30(34)35/h1-15,26H,16H2,(H,28,31). The summed E-state index contributed by atoms with van der Waals surface area (Å²) in [5, 5.41) is 31.3. The number of carbonyl (C=O) groups is 1. The minimum absolute atomic E-state index is 0.0165. The van der Waals surface area contributed by atoms with Gasteiger partial charge < -0.3 is 10.1 Å². The molecule has 36 heavy (non-hydrogen) atoms. The molecule has 180 valence electrons. The zero-order valence-corrected chi connectivity index (χ0v) is 18.7. The molecule has 0 aliphatic heterocycles. The first-order chi connectivity index (χ1) is 17.4. The molecule has 0 bridgehead atoms. The van der Waals surface area contributed by atoms with E-state index in [9.17, 15) is 25.0 Å². The minimum atomic E-state index is -0.755. The second kappa shape index (κ2) is 10.7. The topological polar surface area (TPSA) is 149 Å². The van der Waals surface area contributed by atoms with Crippen LogP contribution in [0.4, 0.5) is 17.1 Å². The lowest BCUT2D eigenvalue weighted by Gasteiger charge is -2.07. The number of hydrazone groups is 1. The van der Waals surface area contributed by atoms with E-state index in [1.807, 2.05) is 42.5 Å². The van der Waals surface area contributed by atoms with Crippen LogP contribution in [0.1, 0.15) is 5.56 Å². The van der Waals surface area contributed by atoms with Gasteiger partial charge in [-0.3, -0.25) is 25.0 Å². The Hall–Kier alpha value is -5.32. The lowest BCUT2D eigenvalue weighted by atomic mass is 10.1. The van der Waals surface area contributed by atoms with Crippen LogP contribution < -0.4 is 15.5 Å². The highest BCUT2D eigenvalue weighted by molar-refractivity contribution is 5.87. The third-order valence-electron chi connectivity index (χ3n) is 5.04. The van der Waals surface area contributed by atoms with E-state index in [1.165, 1.54) is 12.3 Å². The molecule has 11 heteroatoms. The van der Waals surface area contributed by atoms with E-state index in [4.69, 9.17) is 4.74 Å². The van der Waals surface area contributed by atoms with Crippen molar-refractivity contribution >= 4 is 40.0 Å². The molecule has 0 saturated carbocycles. The number of fused-ring (bicyclic) bond motifs is 1. The van der Waals surface area contributed by atoms with Crippen molar-refractivity contribution in [1.29, 1.82) is 0 Å². The number of nitrogens with zero attached hydrogens (tertiary/aromatic N) is 3. The Morgan fingerprint density at radius 1 is 0.889 bits per heavy atom. The zero-order chi connectivity index (χ0) is 25.5. The number of hydrogen-bond acceptors (Lipinski definition) is 8. The lowest BCUT2D eigenvalue weighted by molar-refractivity contribution is -0.394. The quantitative estimate of drug-likeness (QED) is 0.192. The fourth-order valence-corrected chi connectivity index (χ4v) is 3.33. The number of hydrogen-bond donors (Lipinski definition) is 2. The summed E-state index contributed by atoms with van der Waals surface area (Å²) < 4.78 is 5.57. The second-order valence-electron chi connectivity index (χ2n) is 7.55. The number of non-ortho nitro benzene ring substituents is 1. The molecular weight excluding hydrogens is 466 g/mol. The van der Waals surface area contributed by atoms with Crippen LogP contribution in [0.15, 0.2) is 90.0 Å². The predicted molar refractivity (Wildman–Crippen MR) is 134 cm³/mol. The van der Waals surface area contributed by atoms with Crippen LogP contribution in [0.3, 0.4) is 0 Å². The average molecular weight is 485 g/mol.